The SMILES string of the molecule is C[N+]1(C)CCN(C2CS(=O)(=O)C23CC2C=CC3C2)CC1. The predicted octanol–water partition coefficient (Wildman–Crippen LogP) is 0.510. The zero-order valence-electron chi connectivity index (χ0n) is 12.5. The molecule has 1 spiro atoms. The fourth-order valence-corrected chi connectivity index (χ4v) is 7.64. The fraction of sp³-hybridized carbons (Fsp3) is 0.867. The Morgan fingerprint density at radius 3 is 2.40 bits per heavy atom. The van der Waals surface area contributed by atoms with Gasteiger partial charge in [0.15, 0.2) is 9.84 Å². The van der Waals surface area contributed by atoms with Gasteiger partial charge in [-0.25, -0.2) is 8.42 Å². The van der Waals surface area contributed by atoms with E-state index in [9.17, 15) is 8.42 Å². The molecular formula is C15H25N2O2S+. The Labute approximate surface area is 121 Å². The summed E-state index contributed by atoms with van der Waals surface area (Å²) in [5.41, 5.74) is 0. The van der Waals surface area contributed by atoms with E-state index in [0.29, 0.717) is 17.6 Å². The summed E-state index contributed by atoms with van der Waals surface area (Å²) in [5.74, 6) is 1.22. The zero-order valence-corrected chi connectivity index (χ0v) is 13.3. The maximum absolute atomic E-state index is 12.5. The Kier molecular flexibility index (Phi) is 2.57. The van der Waals surface area contributed by atoms with E-state index in [1.807, 2.05) is 0 Å². The molecule has 4 nitrogen and oxygen atoms in total. The Morgan fingerprint density at radius 1 is 1.20 bits per heavy atom. The zero-order chi connectivity index (χ0) is 14.2. The Balaban J connectivity index is 1.60. The number of allylic oxidation sites excluding steroid dienone is 2. The number of nitrogens with zero attached hydrogens (tertiary/aromatic N) is 2. The van der Waals surface area contributed by atoms with Gasteiger partial charge in [-0.3, -0.25) is 4.90 Å². The van der Waals surface area contributed by atoms with E-state index in [2.05, 4.69) is 31.1 Å². The van der Waals surface area contributed by atoms with Crippen LogP contribution in [-0.2, 0) is 9.84 Å². The van der Waals surface area contributed by atoms with Gasteiger partial charge in [-0.1, -0.05) is 12.2 Å². The molecule has 4 unspecified atom stereocenters. The van der Waals surface area contributed by atoms with E-state index in [0.717, 1.165) is 43.5 Å². The standard InChI is InChI=1S/C15H25N2O2S/c1-17(2)7-5-16(6-8-17)14-11-20(18,19)15(14)10-12-3-4-13(15)9-12/h3-4,12-14H,5-11H2,1-2H3/q+1. The van der Waals surface area contributed by atoms with E-state index in [1.165, 1.54) is 0 Å². The van der Waals surface area contributed by atoms with Gasteiger partial charge in [0.25, 0.3) is 0 Å². The molecule has 2 heterocycles. The predicted molar refractivity (Wildman–Crippen MR) is 79.1 cm³/mol. The number of quaternary nitrogens is 1. The van der Waals surface area contributed by atoms with Crippen molar-refractivity contribution in [1.82, 2.24) is 4.90 Å². The van der Waals surface area contributed by atoms with Crippen LogP contribution in [0.5, 0.6) is 0 Å². The van der Waals surface area contributed by atoms with Gasteiger partial charge in [-0.05, 0) is 24.7 Å². The highest BCUT2D eigenvalue weighted by molar-refractivity contribution is 7.94. The Hall–Kier alpha value is -0.390. The lowest BCUT2D eigenvalue weighted by Gasteiger charge is -2.56. The molecule has 2 bridgehead atoms. The molecule has 0 amide bonds. The second-order valence-corrected chi connectivity index (χ2v) is 10.2. The quantitative estimate of drug-likeness (QED) is 0.523. The number of rotatable bonds is 1. The number of hydrogen-bond acceptors (Lipinski definition) is 3. The lowest BCUT2D eigenvalue weighted by atomic mass is 9.84. The Morgan fingerprint density at radius 2 is 1.90 bits per heavy atom. The maximum Gasteiger partial charge on any atom is 0.159 e. The topological polar surface area (TPSA) is 37.4 Å². The molecule has 2 saturated heterocycles. The van der Waals surface area contributed by atoms with E-state index in [4.69, 9.17) is 0 Å². The van der Waals surface area contributed by atoms with Crippen LogP contribution in [0.25, 0.3) is 0 Å². The molecule has 1 saturated carbocycles. The van der Waals surface area contributed by atoms with Crippen LogP contribution in [0.15, 0.2) is 12.2 Å². The normalized spacial score (nSPS) is 48.6. The van der Waals surface area contributed by atoms with Gasteiger partial charge in [0, 0.05) is 19.1 Å². The van der Waals surface area contributed by atoms with Crippen LogP contribution >= 0.6 is 0 Å². The lowest BCUT2D eigenvalue weighted by molar-refractivity contribution is -0.894. The molecule has 4 rings (SSSR count). The molecule has 3 fully saturated rings. The molecule has 20 heavy (non-hydrogen) atoms. The van der Waals surface area contributed by atoms with Crippen LogP contribution in [0.1, 0.15) is 12.8 Å². The highest BCUT2D eigenvalue weighted by Gasteiger charge is 2.69. The summed E-state index contributed by atoms with van der Waals surface area (Å²) in [7, 11) is 1.66. The molecule has 0 N–H and O–H groups in total. The minimum Gasteiger partial charge on any atom is -0.326 e. The summed E-state index contributed by atoms with van der Waals surface area (Å²) in [6.07, 6.45) is 6.40. The van der Waals surface area contributed by atoms with Crippen molar-refractivity contribution in [2.75, 3.05) is 46.0 Å². The van der Waals surface area contributed by atoms with E-state index >= 15 is 0 Å². The van der Waals surface area contributed by atoms with Gasteiger partial charge in [0.05, 0.1) is 37.7 Å². The van der Waals surface area contributed by atoms with Gasteiger partial charge in [0.1, 0.15) is 0 Å². The molecule has 4 aliphatic rings. The van der Waals surface area contributed by atoms with E-state index in [-0.39, 0.29) is 6.04 Å². The first-order chi connectivity index (χ1) is 9.34. The molecule has 0 aromatic heterocycles. The van der Waals surface area contributed by atoms with E-state index in [1.54, 1.807) is 0 Å². The van der Waals surface area contributed by atoms with Gasteiger partial charge >= 0.3 is 0 Å². The van der Waals surface area contributed by atoms with Gasteiger partial charge in [0.2, 0.25) is 0 Å². The third-order valence-electron chi connectivity index (χ3n) is 6.33. The second-order valence-electron chi connectivity index (χ2n) is 7.86. The highest BCUT2D eigenvalue weighted by atomic mass is 32.2. The van der Waals surface area contributed by atoms with Crippen LogP contribution in [-0.4, -0.2) is 74.6 Å². The fourth-order valence-electron chi connectivity index (χ4n) is 4.95. The number of hydrogen-bond donors (Lipinski definition) is 0. The smallest absolute Gasteiger partial charge is 0.159 e. The van der Waals surface area contributed by atoms with Crippen molar-refractivity contribution in [3.05, 3.63) is 12.2 Å². The minimum absolute atomic E-state index is 0.285. The molecule has 0 aromatic rings. The summed E-state index contributed by atoms with van der Waals surface area (Å²) >= 11 is 0. The summed E-state index contributed by atoms with van der Waals surface area (Å²) < 4.78 is 25.7. The first kappa shape index (κ1) is 13.3. The van der Waals surface area contributed by atoms with Crippen molar-refractivity contribution in [1.29, 1.82) is 0 Å². The average Bonchev–Trinajstić information content (AvgIpc) is 2.98. The van der Waals surface area contributed by atoms with Crippen molar-refractivity contribution in [2.24, 2.45) is 11.8 Å². The molecular weight excluding hydrogens is 272 g/mol. The van der Waals surface area contributed by atoms with Crippen molar-refractivity contribution < 1.29 is 12.9 Å². The largest absolute Gasteiger partial charge is 0.326 e. The third kappa shape index (κ3) is 1.57. The summed E-state index contributed by atoms with van der Waals surface area (Å²) in [6.45, 7) is 4.37. The molecule has 0 radical (unpaired) electrons. The monoisotopic (exact) mass is 297 g/mol. The molecule has 2 aliphatic heterocycles. The number of fused-ring (bicyclic) bond motifs is 3. The first-order valence-corrected chi connectivity index (χ1v) is 9.46. The van der Waals surface area contributed by atoms with Crippen molar-refractivity contribution >= 4 is 9.84 Å². The van der Waals surface area contributed by atoms with Gasteiger partial charge in [-0.15, -0.1) is 0 Å². The summed E-state index contributed by atoms with van der Waals surface area (Å²) in [5, 5.41) is 0. The van der Waals surface area contributed by atoms with Crippen molar-refractivity contribution in [3.8, 4) is 0 Å². The third-order valence-corrected chi connectivity index (χ3v) is 8.98. The van der Waals surface area contributed by atoms with Crippen molar-refractivity contribution in [2.45, 2.75) is 23.6 Å². The number of sulfone groups is 1. The van der Waals surface area contributed by atoms with Crippen molar-refractivity contribution in [3.63, 3.8) is 0 Å². The van der Waals surface area contributed by atoms with Crippen LogP contribution < -0.4 is 0 Å². The Bertz CT molecular complexity index is 558. The first-order valence-electron chi connectivity index (χ1n) is 7.81. The van der Waals surface area contributed by atoms with Crippen LogP contribution in [0.2, 0.25) is 0 Å². The summed E-state index contributed by atoms with van der Waals surface area (Å²) in [4.78, 5) is 2.49. The maximum atomic E-state index is 12.5. The molecule has 5 heteroatoms. The molecule has 0 aromatic carbocycles. The number of piperazine rings is 1. The molecule has 4 atom stereocenters. The van der Waals surface area contributed by atoms with Crippen LogP contribution in [0.3, 0.4) is 0 Å². The molecule has 112 valence electrons. The van der Waals surface area contributed by atoms with Gasteiger partial charge < -0.3 is 4.48 Å². The second kappa shape index (κ2) is 3.87. The highest BCUT2D eigenvalue weighted by Crippen LogP contribution is 2.58. The minimum atomic E-state index is -2.88. The molecule has 2 aliphatic carbocycles. The summed E-state index contributed by atoms with van der Waals surface area (Å²) in [6, 6.07) is 0.285. The van der Waals surface area contributed by atoms with Crippen LogP contribution in [0, 0.1) is 11.8 Å². The van der Waals surface area contributed by atoms with Crippen LogP contribution in [0.4, 0.5) is 0 Å². The number of likely N-dealkylation sites (N-methyl/N-ethyl adjacent to an activating group) is 1. The van der Waals surface area contributed by atoms with E-state index < -0.39 is 14.6 Å². The van der Waals surface area contributed by atoms with Gasteiger partial charge in [-0.2, -0.15) is 0 Å². The average molecular weight is 297 g/mol. The lowest BCUT2D eigenvalue weighted by Crippen LogP contribution is -2.73.